The van der Waals surface area contributed by atoms with E-state index in [0.717, 1.165) is 38.0 Å². The molecule has 1 saturated carbocycles. The van der Waals surface area contributed by atoms with Crippen molar-refractivity contribution >= 4 is 0 Å². The van der Waals surface area contributed by atoms with Crippen LogP contribution in [0, 0.1) is 17.8 Å². The van der Waals surface area contributed by atoms with Crippen LogP contribution in [0.15, 0.2) is 30.3 Å². The summed E-state index contributed by atoms with van der Waals surface area (Å²) in [4.78, 5) is 4.43. The highest BCUT2D eigenvalue weighted by atomic mass is 19.3. The molecule has 0 radical (unpaired) electrons. The largest absolute Gasteiger partial charge is 0.298 e. The first-order valence-electron chi connectivity index (χ1n) is 7.47. The van der Waals surface area contributed by atoms with Gasteiger partial charge < -0.3 is 0 Å². The first-order chi connectivity index (χ1) is 9.61. The first-order valence-corrected chi connectivity index (χ1v) is 7.47. The second-order valence-electron chi connectivity index (χ2n) is 6.70. The number of nitrogens with zero attached hydrogens (tertiary/aromatic N) is 2. The lowest BCUT2D eigenvalue weighted by Gasteiger charge is -2.39. The second kappa shape index (κ2) is 4.50. The molecule has 0 bridgehead atoms. The van der Waals surface area contributed by atoms with Crippen LogP contribution in [0.4, 0.5) is 8.78 Å². The molecule has 3 aliphatic rings. The fourth-order valence-corrected chi connectivity index (χ4v) is 4.01. The van der Waals surface area contributed by atoms with Gasteiger partial charge in [-0.05, 0) is 23.3 Å². The van der Waals surface area contributed by atoms with Crippen LogP contribution in [0.25, 0.3) is 0 Å². The molecule has 3 atom stereocenters. The van der Waals surface area contributed by atoms with Gasteiger partial charge in [-0.3, -0.25) is 9.80 Å². The third-order valence-corrected chi connectivity index (χ3v) is 5.07. The Morgan fingerprint density at radius 1 is 1.00 bits per heavy atom. The van der Waals surface area contributed by atoms with Crippen LogP contribution in [0.1, 0.15) is 5.56 Å². The number of rotatable bonds is 4. The third kappa shape index (κ3) is 2.35. The highest BCUT2D eigenvalue weighted by Gasteiger charge is 2.57. The molecular formula is C16H20F2N2. The maximum Gasteiger partial charge on any atom is 0.272 e. The molecule has 2 aliphatic heterocycles. The van der Waals surface area contributed by atoms with Gasteiger partial charge in [0, 0.05) is 26.2 Å². The lowest BCUT2D eigenvalue weighted by atomic mass is 10.1. The van der Waals surface area contributed by atoms with Gasteiger partial charge in [-0.15, -0.1) is 0 Å². The van der Waals surface area contributed by atoms with Crippen molar-refractivity contribution in [2.24, 2.45) is 17.8 Å². The summed E-state index contributed by atoms with van der Waals surface area (Å²) in [7, 11) is 0. The average Bonchev–Trinajstić information content (AvgIpc) is 2.82. The summed E-state index contributed by atoms with van der Waals surface area (Å²) in [6.45, 7) is 4.18. The highest BCUT2D eigenvalue weighted by molar-refractivity contribution is 5.16. The molecule has 4 rings (SSSR count). The molecule has 1 aromatic carbocycles. The first kappa shape index (κ1) is 12.7. The van der Waals surface area contributed by atoms with Gasteiger partial charge in [-0.1, -0.05) is 30.3 Å². The molecule has 0 N–H and O–H groups in total. The Balaban J connectivity index is 1.23. The molecule has 3 fully saturated rings. The van der Waals surface area contributed by atoms with Crippen molar-refractivity contribution in [1.29, 1.82) is 0 Å². The minimum absolute atomic E-state index is 0.0172. The average molecular weight is 278 g/mol. The molecule has 0 aromatic heterocycles. The summed E-state index contributed by atoms with van der Waals surface area (Å²) >= 11 is 0. The maximum absolute atomic E-state index is 12.8. The molecule has 1 unspecified atom stereocenters. The molecule has 0 spiro atoms. The summed E-state index contributed by atoms with van der Waals surface area (Å²) in [5, 5.41) is 0. The van der Waals surface area contributed by atoms with E-state index < -0.39 is 5.92 Å². The fourth-order valence-electron chi connectivity index (χ4n) is 4.01. The quantitative estimate of drug-likeness (QED) is 0.834. The van der Waals surface area contributed by atoms with Gasteiger partial charge in [-0.2, -0.15) is 0 Å². The lowest BCUT2D eigenvalue weighted by molar-refractivity contribution is -0.132. The molecule has 2 saturated heterocycles. The Hall–Kier alpha value is -1.00. The van der Waals surface area contributed by atoms with Crippen molar-refractivity contribution in [2.45, 2.75) is 12.5 Å². The molecule has 4 heteroatoms. The van der Waals surface area contributed by atoms with Crippen molar-refractivity contribution in [1.82, 2.24) is 9.80 Å². The predicted molar refractivity (Wildman–Crippen MR) is 73.6 cm³/mol. The van der Waals surface area contributed by atoms with Crippen LogP contribution in [0.5, 0.6) is 0 Å². The fraction of sp³-hybridized carbons (Fsp3) is 0.625. The molecule has 108 valence electrons. The van der Waals surface area contributed by atoms with E-state index in [9.17, 15) is 8.78 Å². The van der Waals surface area contributed by atoms with Gasteiger partial charge in [0.2, 0.25) is 0 Å². The standard InChI is InChI=1S/C16H20F2N2/c17-16(18)10-20(11-16)9-15-13-7-19(8-14(13)15)6-12-4-2-1-3-5-12/h1-5,13-15H,6-11H2/t13-,14+,15?. The second-order valence-corrected chi connectivity index (χ2v) is 6.70. The summed E-state index contributed by atoms with van der Waals surface area (Å²) in [6.07, 6.45) is 0. The number of piperidine rings is 1. The Labute approximate surface area is 118 Å². The van der Waals surface area contributed by atoms with E-state index in [0.29, 0.717) is 5.92 Å². The van der Waals surface area contributed by atoms with Gasteiger partial charge >= 0.3 is 0 Å². The van der Waals surface area contributed by atoms with Crippen LogP contribution in [-0.2, 0) is 6.54 Å². The summed E-state index contributed by atoms with van der Waals surface area (Å²) in [6, 6.07) is 10.6. The van der Waals surface area contributed by atoms with E-state index in [4.69, 9.17) is 0 Å². The SMILES string of the molecule is FC1(F)CN(CC2[C@H]3CN(Cc4ccccc4)C[C@@H]23)C1. The number of likely N-dealkylation sites (tertiary alicyclic amines) is 2. The van der Waals surface area contributed by atoms with Gasteiger partial charge in [0.1, 0.15) is 0 Å². The Kier molecular flexibility index (Phi) is 2.86. The summed E-state index contributed by atoms with van der Waals surface area (Å²) in [5.74, 6) is -0.220. The molecule has 1 aliphatic carbocycles. The monoisotopic (exact) mass is 278 g/mol. The van der Waals surface area contributed by atoms with E-state index in [1.165, 1.54) is 5.56 Å². The van der Waals surface area contributed by atoms with Crippen molar-refractivity contribution < 1.29 is 8.78 Å². The summed E-state index contributed by atoms with van der Waals surface area (Å²) < 4.78 is 25.6. The number of halogens is 2. The van der Waals surface area contributed by atoms with Crippen molar-refractivity contribution in [3.8, 4) is 0 Å². The number of benzene rings is 1. The van der Waals surface area contributed by atoms with E-state index in [1.807, 2.05) is 11.0 Å². The van der Waals surface area contributed by atoms with Crippen LogP contribution < -0.4 is 0 Å². The topological polar surface area (TPSA) is 6.48 Å². The molecule has 0 amide bonds. The zero-order valence-electron chi connectivity index (χ0n) is 11.5. The van der Waals surface area contributed by atoms with Crippen molar-refractivity contribution in [3.05, 3.63) is 35.9 Å². The smallest absolute Gasteiger partial charge is 0.272 e. The number of fused-ring (bicyclic) bond motifs is 1. The van der Waals surface area contributed by atoms with E-state index >= 15 is 0 Å². The van der Waals surface area contributed by atoms with Gasteiger partial charge in [-0.25, -0.2) is 8.78 Å². The van der Waals surface area contributed by atoms with Crippen molar-refractivity contribution in [2.75, 3.05) is 32.7 Å². The number of hydrogen-bond acceptors (Lipinski definition) is 2. The Morgan fingerprint density at radius 3 is 2.25 bits per heavy atom. The van der Waals surface area contributed by atoms with Crippen LogP contribution in [-0.4, -0.2) is 48.4 Å². The Morgan fingerprint density at radius 2 is 1.65 bits per heavy atom. The van der Waals surface area contributed by atoms with Crippen LogP contribution in [0.2, 0.25) is 0 Å². The van der Waals surface area contributed by atoms with Crippen LogP contribution in [0.3, 0.4) is 0 Å². The molecule has 20 heavy (non-hydrogen) atoms. The van der Waals surface area contributed by atoms with Crippen LogP contribution >= 0.6 is 0 Å². The van der Waals surface area contributed by atoms with E-state index in [1.54, 1.807) is 0 Å². The molecule has 2 heterocycles. The molecular weight excluding hydrogens is 258 g/mol. The maximum atomic E-state index is 12.8. The minimum atomic E-state index is -2.41. The third-order valence-electron chi connectivity index (χ3n) is 5.07. The van der Waals surface area contributed by atoms with Gasteiger partial charge in [0.05, 0.1) is 13.1 Å². The zero-order chi connectivity index (χ0) is 13.7. The number of alkyl halides is 2. The van der Waals surface area contributed by atoms with E-state index in [2.05, 4.69) is 29.2 Å². The minimum Gasteiger partial charge on any atom is -0.298 e. The van der Waals surface area contributed by atoms with Gasteiger partial charge in [0.25, 0.3) is 5.92 Å². The molecule has 1 aromatic rings. The highest BCUT2D eigenvalue weighted by Crippen LogP contribution is 2.52. The zero-order valence-corrected chi connectivity index (χ0v) is 11.5. The van der Waals surface area contributed by atoms with Gasteiger partial charge in [0.15, 0.2) is 0 Å². The summed E-state index contributed by atoms with van der Waals surface area (Å²) in [5.41, 5.74) is 1.37. The normalized spacial score (nSPS) is 35.6. The lowest BCUT2D eigenvalue weighted by Crippen LogP contribution is -2.56. The number of hydrogen-bond donors (Lipinski definition) is 0. The van der Waals surface area contributed by atoms with E-state index in [-0.39, 0.29) is 13.1 Å². The predicted octanol–water partition coefficient (Wildman–Crippen LogP) is 2.32. The Bertz CT molecular complexity index is 471. The van der Waals surface area contributed by atoms with Crippen molar-refractivity contribution in [3.63, 3.8) is 0 Å². The molecule has 2 nitrogen and oxygen atoms in total.